The number of alkyl halides is 1. The molecule has 1 aromatic carbocycles. The maximum absolute atomic E-state index is 5.86. The lowest BCUT2D eigenvalue weighted by Gasteiger charge is -2.09. The molecule has 0 aliphatic heterocycles. The fourth-order valence-corrected chi connectivity index (χ4v) is 3.17. The van der Waals surface area contributed by atoms with Crippen molar-refractivity contribution in [1.29, 1.82) is 0 Å². The Morgan fingerprint density at radius 3 is 2.76 bits per heavy atom. The molecule has 3 nitrogen and oxygen atoms in total. The van der Waals surface area contributed by atoms with Crippen LogP contribution in [0.1, 0.15) is 48.5 Å². The first-order valence-corrected chi connectivity index (χ1v) is 8.27. The molecule has 112 valence electrons. The molecule has 0 spiro atoms. The van der Waals surface area contributed by atoms with E-state index in [0.717, 1.165) is 18.8 Å². The molecule has 1 aromatic heterocycles. The number of rotatable bonds is 6. The van der Waals surface area contributed by atoms with Gasteiger partial charge in [-0.1, -0.05) is 37.1 Å². The summed E-state index contributed by atoms with van der Waals surface area (Å²) in [4.78, 5) is 0. The first-order chi connectivity index (χ1) is 10.3. The molecule has 1 aliphatic carbocycles. The standard InChI is InChI=1S/C17H22ClN3/c18-11-14-4-3-5-15(10-14)12-19-13-16-8-9-21(20-16)17-6-1-2-7-17/h3-5,8-10,17,19H,1-2,6-7,11-13H2. The molecule has 0 atom stereocenters. The van der Waals surface area contributed by atoms with Crippen molar-refractivity contribution < 1.29 is 0 Å². The molecule has 1 fully saturated rings. The number of halogens is 1. The molecule has 0 saturated heterocycles. The van der Waals surface area contributed by atoms with Gasteiger partial charge in [-0.15, -0.1) is 11.6 Å². The van der Waals surface area contributed by atoms with E-state index in [0.29, 0.717) is 11.9 Å². The molecule has 3 rings (SSSR count). The van der Waals surface area contributed by atoms with Crippen LogP contribution >= 0.6 is 11.6 Å². The van der Waals surface area contributed by atoms with Gasteiger partial charge >= 0.3 is 0 Å². The topological polar surface area (TPSA) is 29.9 Å². The quantitative estimate of drug-likeness (QED) is 0.817. The van der Waals surface area contributed by atoms with Crippen LogP contribution in [0, 0.1) is 0 Å². The van der Waals surface area contributed by atoms with Crippen LogP contribution in [-0.4, -0.2) is 9.78 Å². The monoisotopic (exact) mass is 303 g/mol. The highest BCUT2D eigenvalue weighted by Gasteiger charge is 2.17. The van der Waals surface area contributed by atoms with Gasteiger partial charge in [0, 0.05) is 25.2 Å². The Hall–Kier alpha value is -1.32. The summed E-state index contributed by atoms with van der Waals surface area (Å²) >= 11 is 5.86. The lowest BCUT2D eigenvalue weighted by molar-refractivity contribution is 0.461. The summed E-state index contributed by atoms with van der Waals surface area (Å²) in [5.74, 6) is 0.569. The maximum Gasteiger partial charge on any atom is 0.0762 e. The van der Waals surface area contributed by atoms with Crippen LogP contribution in [-0.2, 0) is 19.0 Å². The zero-order valence-electron chi connectivity index (χ0n) is 12.3. The summed E-state index contributed by atoms with van der Waals surface area (Å²) in [7, 11) is 0. The van der Waals surface area contributed by atoms with Crippen molar-refractivity contribution in [3.8, 4) is 0 Å². The lowest BCUT2D eigenvalue weighted by atomic mass is 10.1. The Morgan fingerprint density at radius 2 is 1.95 bits per heavy atom. The summed E-state index contributed by atoms with van der Waals surface area (Å²) in [6.45, 7) is 1.66. The van der Waals surface area contributed by atoms with E-state index in [1.165, 1.54) is 36.8 Å². The van der Waals surface area contributed by atoms with Gasteiger partial charge in [0.05, 0.1) is 11.7 Å². The molecule has 1 N–H and O–H groups in total. The van der Waals surface area contributed by atoms with E-state index in [4.69, 9.17) is 16.7 Å². The summed E-state index contributed by atoms with van der Waals surface area (Å²) in [6, 6.07) is 11.1. The summed E-state index contributed by atoms with van der Waals surface area (Å²) in [5, 5.41) is 8.14. The Morgan fingerprint density at radius 1 is 1.14 bits per heavy atom. The van der Waals surface area contributed by atoms with Crippen LogP contribution in [0.15, 0.2) is 36.5 Å². The predicted octanol–water partition coefficient (Wildman–Crippen LogP) is 4.03. The largest absolute Gasteiger partial charge is 0.307 e. The van der Waals surface area contributed by atoms with Crippen molar-refractivity contribution in [2.45, 2.75) is 50.7 Å². The van der Waals surface area contributed by atoms with Crippen LogP contribution in [0.3, 0.4) is 0 Å². The summed E-state index contributed by atoms with van der Waals surface area (Å²) < 4.78 is 2.15. The summed E-state index contributed by atoms with van der Waals surface area (Å²) in [5.41, 5.74) is 3.56. The zero-order valence-corrected chi connectivity index (χ0v) is 13.0. The average Bonchev–Trinajstić information content (AvgIpc) is 3.18. The molecule has 0 bridgehead atoms. The van der Waals surface area contributed by atoms with Crippen molar-refractivity contribution >= 4 is 11.6 Å². The normalized spacial score (nSPS) is 15.7. The fraction of sp³-hybridized carbons (Fsp3) is 0.471. The van der Waals surface area contributed by atoms with E-state index in [1.807, 2.05) is 0 Å². The van der Waals surface area contributed by atoms with E-state index in [9.17, 15) is 0 Å². The second-order valence-electron chi connectivity index (χ2n) is 5.78. The van der Waals surface area contributed by atoms with Gasteiger partial charge < -0.3 is 5.32 Å². The van der Waals surface area contributed by atoms with Gasteiger partial charge in [0.25, 0.3) is 0 Å². The molecule has 0 unspecified atom stereocenters. The second-order valence-corrected chi connectivity index (χ2v) is 6.05. The van der Waals surface area contributed by atoms with Crippen LogP contribution in [0.2, 0.25) is 0 Å². The van der Waals surface area contributed by atoms with Crippen LogP contribution in [0.5, 0.6) is 0 Å². The lowest BCUT2D eigenvalue weighted by Crippen LogP contribution is -2.14. The number of benzene rings is 1. The van der Waals surface area contributed by atoms with Crippen molar-refractivity contribution in [2.24, 2.45) is 0 Å². The van der Waals surface area contributed by atoms with Gasteiger partial charge in [-0.2, -0.15) is 5.10 Å². The molecule has 0 radical (unpaired) electrons. The van der Waals surface area contributed by atoms with E-state index < -0.39 is 0 Å². The number of hydrogen-bond acceptors (Lipinski definition) is 2. The second kappa shape index (κ2) is 7.10. The average molecular weight is 304 g/mol. The van der Waals surface area contributed by atoms with Crippen molar-refractivity contribution in [3.63, 3.8) is 0 Å². The number of nitrogens with zero attached hydrogens (tertiary/aromatic N) is 2. The van der Waals surface area contributed by atoms with Gasteiger partial charge in [-0.05, 0) is 30.0 Å². The van der Waals surface area contributed by atoms with Crippen molar-refractivity contribution in [3.05, 3.63) is 53.3 Å². The Bertz CT molecular complexity index is 573. The minimum Gasteiger partial charge on any atom is -0.307 e. The number of aromatic nitrogens is 2. The van der Waals surface area contributed by atoms with Crippen molar-refractivity contribution in [1.82, 2.24) is 15.1 Å². The highest BCUT2D eigenvalue weighted by atomic mass is 35.5. The third-order valence-electron chi connectivity index (χ3n) is 4.14. The first-order valence-electron chi connectivity index (χ1n) is 7.73. The molecule has 21 heavy (non-hydrogen) atoms. The maximum atomic E-state index is 5.86. The van der Waals surface area contributed by atoms with Gasteiger partial charge in [0.1, 0.15) is 0 Å². The molecule has 2 aromatic rings. The molecule has 1 saturated carbocycles. The fourth-order valence-electron chi connectivity index (χ4n) is 3.00. The highest BCUT2D eigenvalue weighted by Crippen LogP contribution is 2.28. The van der Waals surface area contributed by atoms with Gasteiger partial charge in [-0.3, -0.25) is 4.68 Å². The van der Waals surface area contributed by atoms with Gasteiger partial charge in [-0.25, -0.2) is 0 Å². The van der Waals surface area contributed by atoms with Crippen molar-refractivity contribution in [2.75, 3.05) is 0 Å². The molecule has 1 aliphatic rings. The molecule has 0 amide bonds. The Labute approximate surface area is 131 Å². The SMILES string of the molecule is ClCc1cccc(CNCc2ccn(C3CCCC3)n2)c1. The zero-order chi connectivity index (χ0) is 14.5. The summed E-state index contributed by atoms with van der Waals surface area (Å²) in [6.07, 6.45) is 7.37. The first kappa shape index (κ1) is 14.6. The minimum atomic E-state index is 0.569. The van der Waals surface area contributed by atoms with Crippen LogP contribution in [0.25, 0.3) is 0 Å². The Kier molecular flexibility index (Phi) is 4.94. The van der Waals surface area contributed by atoms with Gasteiger partial charge in [0.15, 0.2) is 0 Å². The molecule has 1 heterocycles. The van der Waals surface area contributed by atoms with E-state index >= 15 is 0 Å². The third-order valence-corrected chi connectivity index (χ3v) is 4.45. The smallest absolute Gasteiger partial charge is 0.0762 e. The third kappa shape index (κ3) is 3.86. The van der Waals surface area contributed by atoms with Crippen LogP contribution in [0.4, 0.5) is 0 Å². The number of hydrogen-bond donors (Lipinski definition) is 1. The van der Waals surface area contributed by atoms with E-state index in [-0.39, 0.29) is 0 Å². The number of nitrogens with one attached hydrogen (secondary N) is 1. The Balaban J connectivity index is 1.50. The minimum absolute atomic E-state index is 0.569. The highest BCUT2D eigenvalue weighted by molar-refractivity contribution is 6.17. The van der Waals surface area contributed by atoms with Crippen LogP contribution < -0.4 is 5.32 Å². The molecular weight excluding hydrogens is 282 g/mol. The van der Waals surface area contributed by atoms with E-state index in [1.54, 1.807) is 0 Å². The van der Waals surface area contributed by atoms with Gasteiger partial charge in [0.2, 0.25) is 0 Å². The molecular formula is C17H22ClN3. The molecule has 4 heteroatoms. The predicted molar refractivity (Wildman–Crippen MR) is 86.3 cm³/mol. The van der Waals surface area contributed by atoms with E-state index in [2.05, 4.69) is 46.5 Å².